The lowest BCUT2D eigenvalue weighted by Gasteiger charge is -2.22. The van der Waals surface area contributed by atoms with Gasteiger partial charge in [-0.05, 0) is 33.1 Å². The van der Waals surface area contributed by atoms with Gasteiger partial charge in [-0.3, -0.25) is 4.99 Å². The molecule has 7 heteroatoms. The third-order valence-corrected chi connectivity index (χ3v) is 3.19. The Kier molecular flexibility index (Phi) is 6.02. The largest absolute Gasteiger partial charge is 0.370 e. The highest BCUT2D eigenvalue weighted by Crippen LogP contribution is 2.19. The Hall–Kier alpha value is -0.860. The number of halogens is 1. The molecule has 0 radical (unpaired) electrons. The summed E-state index contributed by atoms with van der Waals surface area (Å²) in [6.07, 6.45) is 2.09. The second kappa shape index (κ2) is 7.06. The maximum atomic E-state index is 5.80. The van der Waals surface area contributed by atoms with Gasteiger partial charge in [0, 0.05) is 25.6 Å². The number of aliphatic imine (C=N–C) groups is 1. The minimum absolute atomic E-state index is 0. The molecule has 0 saturated carbocycles. The number of nitrogens with one attached hydrogen (secondary N) is 1. The Morgan fingerprint density at radius 2 is 2.26 bits per heavy atom. The highest BCUT2D eigenvalue weighted by Gasteiger charge is 2.21. The van der Waals surface area contributed by atoms with Crippen LogP contribution < -0.4 is 11.1 Å². The molecule has 1 atom stereocenters. The van der Waals surface area contributed by atoms with Gasteiger partial charge in [0.25, 0.3) is 0 Å². The molecule has 2 heterocycles. The minimum Gasteiger partial charge on any atom is -0.370 e. The average Bonchev–Trinajstić information content (AvgIpc) is 2.68. The Labute approximate surface area is 131 Å². The molecule has 0 saturated heterocycles. The predicted molar refractivity (Wildman–Crippen MR) is 86.7 cm³/mol. The number of nitrogens with zero attached hydrogens (tertiary/aromatic N) is 4. The molecule has 1 aromatic rings. The van der Waals surface area contributed by atoms with E-state index in [-0.39, 0.29) is 24.0 Å². The van der Waals surface area contributed by atoms with Gasteiger partial charge in [0.1, 0.15) is 11.6 Å². The number of rotatable bonds is 3. The van der Waals surface area contributed by atoms with Crippen molar-refractivity contribution in [3.63, 3.8) is 0 Å². The lowest BCUT2D eigenvalue weighted by molar-refractivity contribution is 0.369. The summed E-state index contributed by atoms with van der Waals surface area (Å²) < 4.78 is 2.19. The van der Waals surface area contributed by atoms with Crippen LogP contribution in [0.3, 0.4) is 0 Å². The zero-order valence-electron chi connectivity index (χ0n) is 11.8. The SMILES string of the molecule is Cc1nnc2n1CC(CN=C(N)NC(C)C)CC2.I. The molecule has 1 aliphatic heterocycles. The lowest BCUT2D eigenvalue weighted by Crippen LogP contribution is -2.37. The fraction of sp³-hybridized carbons (Fsp3) is 0.750. The molecule has 0 aliphatic carbocycles. The van der Waals surface area contributed by atoms with Crippen molar-refractivity contribution in [1.82, 2.24) is 20.1 Å². The van der Waals surface area contributed by atoms with Crippen LogP contribution >= 0.6 is 24.0 Å². The number of guanidine groups is 1. The van der Waals surface area contributed by atoms with E-state index >= 15 is 0 Å². The second-order valence-electron chi connectivity index (χ2n) is 5.20. The third kappa shape index (κ3) is 4.32. The molecule has 0 amide bonds. The molecule has 108 valence electrons. The molecule has 2 rings (SSSR count). The molecule has 0 fully saturated rings. The van der Waals surface area contributed by atoms with Gasteiger partial charge in [-0.15, -0.1) is 34.2 Å². The van der Waals surface area contributed by atoms with Crippen LogP contribution in [0.4, 0.5) is 0 Å². The van der Waals surface area contributed by atoms with E-state index in [1.165, 1.54) is 0 Å². The lowest BCUT2D eigenvalue weighted by atomic mass is 9.99. The quantitative estimate of drug-likeness (QED) is 0.469. The Morgan fingerprint density at radius 3 is 2.95 bits per heavy atom. The molecular weight excluding hydrogens is 355 g/mol. The summed E-state index contributed by atoms with van der Waals surface area (Å²) in [5, 5.41) is 11.4. The van der Waals surface area contributed by atoms with E-state index in [9.17, 15) is 0 Å². The number of aromatic nitrogens is 3. The van der Waals surface area contributed by atoms with E-state index in [1.807, 2.05) is 6.92 Å². The first kappa shape index (κ1) is 16.2. The fourth-order valence-electron chi connectivity index (χ4n) is 2.25. The number of hydrogen-bond acceptors (Lipinski definition) is 3. The Balaban J connectivity index is 0.00000180. The Bertz CT molecular complexity index is 439. The summed E-state index contributed by atoms with van der Waals surface area (Å²) in [5.41, 5.74) is 5.80. The Morgan fingerprint density at radius 1 is 1.53 bits per heavy atom. The van der Waals surface area contributed by atoms with E-state index in [0.29, 0.717) is 17.9 Å². The molecule has 0 spiro atoms. The van der Waals surface area contributed by atoms with Crippen LogP contribution in [0, 0.1) is 12.8 Å². The molecule has 1 unspecified atom stereocenters. The zero-order valence-corrected chi connectivity index (χ0v) is 14.1. The monoisotopic (exact) mass is 378 g/mol. The van der Waals surface area contributed by atoms with Crippen LogP contribution in [0.5, 0.6) is 0 Å². The summed E-state index contributed by atoms with van der Waals surface area (Å²) in [4.78, 5) is 4.40. The van der Waals surface area contributed by atoms with Crippen LogP contribution in [0.15, 0.2) is 4.99 Å². The highest BCUT2D eigenvalue weighted by molar-refractivity contribution is 14.0. The normalized spacial score (nSPS) is 18.9. The zero-order chi connectivity index (χ0) is 13.1. The highest BCUT2D eigenvalue weighted by atomic mass is 127. The van der Waals surface area contributed by atoms with E-state index in [0.717, 1.165) is 37.6 Å². The van der Waals surface area contributed by atoms with Gasteiger partial charge in [-0.2, -0.15) is 0 Å². The third-order valence-electron chi connectivity index (χ3n) is 3.19. The number of nitrogens with two attached hydrogens (primary N) is 1. The first-order chi connectivity index (χ1) is 8.56. The summed E-state index contributed by atoms with van der Waals surface area (Å²) in [6, 6.07) is 0.326. The molecule has 19 heavy (non-hydrogen) atoms. The van der Waals surface area contributed by atoms with Crippen molar-refractivity contribution in [2.75, 3.05) is 6.54 Å². The van der Waals surface area contributed by atoms with Gasteiger partial charge in [-0.25, -0.2) is 0 Å². The smallest absolute Gasteiger partial charge is 0.188 e. The van der Waals surface area contributed by atoms with Crippen molar-refractivity contribution in [2.45, 2.75) is 46.2 Å². The summed E-state index contributed by atoms with van der Waals surface area (Å²) in [6.45, 7) is 7.82. The fourth-order valence-corrected chi connectivity index (χ4v) is 2.25. The first-order valence-corrected chi connectivity index (χ1v) is 6.51. The van der Waals surface area contributed by atoms with E-state index < -0.39 is 0 Å². The topological polar surface area (TPSA) is 81.1 Å². The van der Waals surface area contributed by atoms with Crippen LogP contribution in [0.2, 0.25) is 0 Å². The van der Waals surface area contributed by atoms with Gasteiger partial charge in [0.15, 0.2) is 5.96 Å². The van der Waals surface area contributed by atoms with Crippen molar-refractivity contribution in [1.29, 1.82) is 0 Å². The van der Waals surface area contributed by atoms with Crippen LogP contribution in [0.1, 0.15) is 31.9 Å². The van der Waals surface area contributed by atoms with E-state index in [4.69, 9.17) is 5.73 Å². The summed E-state index contributed by atoms with van der Waals surface area (Å²) in [5.74, 6) is 3.16. The predicted octanol–water partition coefficient (Wildman–Crippen LogP) is 1.08. The molecule has 0 aromatic carbocycles. The van der Waals surface area contributed by atoms with Crippen molar-refractivity contribution in [2.24, 2.45) is 16.6 Å². The van der Waals surface area contributed by atoms with Crippen molar-refractivity contribution in [3.8, 4) is 0 Å². The molecular formula is C12H23IN6. The van der Waals surface area contributed by atoms with Crippen LogP contribution in [-0.4, -0.2) is 33.3 Å². The maximum absolute atomic E-state index is 5.80. The van der Waals surface area contributed by atoms with Gasteiger partial charge < -0.3 is 15.6 Å². The standard InChI is InChI=1S/C12H22N6.HI/c1-8(2)15-12(13)14-6-10-4-5-11-17-16-9(3)18(11)7-10;/h8,10H,4-7H2,1-3H3,(H3,13,14,15);1H. The average molecular weight is 378 g/mol. The molecule has 0 bridgehead atoms. The number of aryl methyl sites for hydroxylation is 2. The van der Waals surface area contributed by atoms with Crippen LogP contribution in [-0.2, 0) is 13.0 Å². The molecule has 1 aromatic heterocycles. The summed E-state index contributed by atoms with van der Waals surface area (Å²) >= 11 is 0. The number of hydrogen-bond donors (Lipinski definition) is 2. The van der Waals surface area contributed by atoms with Crippen molar-refractivity contribution >= 4 is 29.9 Å². The van der Waals surface area contributed by atoms with Gasteiger partial charge in [0.2, 0.25) is 0 Å². The second-order valence-corrected chi connectivity index (χ2v) is 5.20. The van der Waals surface area contributed by atoms with Crippen LogP contribution in [0.25, 0.3) is 0 Å². The molecule has 6 nitrogen and oxygen atoms in total. The minimum atomic E-state index is 0. The van der Waals surface area contributed by atoms with E-state index in [2.05, 4.69) is 38.9 Å². The van der Waals surface area contributed by atoms with Gasteiger partial charge >= 0.3 is 0 Å². The maximum Gasteiger partial charge on any atom is 0.188 e. The van der Waals surface area contributed by atoms with E-state index in [1.54, 1.807) is 0 Å². The molecule has 3 N–H and O–H groups in total. The van der Waals surface area contributed by atoms with Gasteiger partial charge in [-0.1, -0.05) is 0 Å². The van der Waals surface area contributed by atoms with Gasteiger partial charge in [0.05, 0.1) is 0 Å². The first-order valence-electron chi connectivity index (χ1n) is 6.51. The van der Waals surface area contributed by atoms with Crippen molar-refractivity contribution < 1.29 is 0 Å². The number of fused-ring (bicyclic) bond motifs is 1. The molecule has 1 aliphatic rings. The van der Waals surface area contributed by atoms with Crippen molar-refractivity contribution in [3.05, 3.63) is 11.6 Å². The summed E-state index contributed by atoms with van der Waals surface area (Å²) in [7, 11) is 0.